The van der Waals surface area contributed by atoms with Crippen LogP contribution in [-0.2, 0) is 0 Å². The molecule has 1 aromatic rings. The van der Waals surface area contributed by atoms with Crippen molar-refractivity contribution in [3.8, 4) is 5.88 Å². The SMILES string of the molecule is COc1ccnc(N2CCC(F)(F)CC2)n1. The van der Waals surface area contributed by atoms with Crippen LogP contribution in [0, 0.1) is 0 Å². The van der Waals surface area contributed by atoms with E-state index in [2.05, 4.69) is 9.97 Å². The number of anilines is 1. The fourth-order valence-electron chi connectivity index (χ4n) is 1.63. The first kappa shape index (κ1) is 11.0. The molecule has 0 bridgehead atoms. The minimum Gasteiger partial charge on any atom is -0.481 e. The lowest BCUT2D eigenvalue weighted by Crippen LogP contribution is -2.40. The van der Waals surface area contributed by atoms with E-state index in [9.17, 15) is 8.78 Å². The van der Waals surface area contributed by atoms with Gasteiger partial charge < -0.3 is 9.64 Å². The number of hydrogen-bond donors (Lipinski definition) is 0. The van der Waals surface area contributed by atoms with Gasteiger partial charge in [-0.1, -0.05) is 0 Å². The average Bonchev–Trinajstić information content (AvgIpc) is 2.29. The molecule has 0 saturated carbocycles. The first-order valence-electron chi connectivity index (χ1n) is 5.10. The maximum Gasteiger partial charge on any atom is 0.251 e. The minimum absolute atomic E-state index is 0.145. The van der Waals surface area contributed by atoms with Crippen molar-refractivity contribution in [2.75, 3.05) is 25.1 Å². The van der Waals surface area contributed by atoms with Gasteiger partial charge in [0.15, 0.2) is 0 Å². The Balaban J connectivity index is 2.08. The van der Waals surface area contributed by atoms with Crippen LogP contribution in [0.2, 0.25) is 0 Å². The lowest BCUT2D eigenvalue weighted by Gasteiger charge is -2.31. The van der Waals surface area contributed by atoms with E-state index in [0.29, 0.717) is 11.8 Å². The molecule has 0 aromatic carbocycles. The Bertz CT molecular complexity index is 363. The van der Waals surface area contributed by atoms with E-state index in [-0.39, 0.29) is 25.9 Å². The van der Waals surface area contributed by atoms with E-state index < -0.39 is 5.92 Å². The summed E-state index contributed by atoms with van der Waals surface area (Å²) >= 11 is 0. The molecule has 6 heteroatoms. The number of ether oxygens (including phenoxy) is 1. The van der Waals surface area contributed by atoms with Crippen molar-refractivity contribution in [1.29, 1.82) is 0 Å². The van der Waals surface area contributed by atoms with Crippen molar-refractivity contribution in [3.63, 3.8) is 0 Å². The minimum atomic E-state index is -2.55. The van der Waals surface area contributed by atoms with E-state index in [4.69, 9.17) is 4.74 Å². The molecule has 1 saturated heterocycles. The molecule has 1 aliphatic heterocycles. The van der Waals surface area contributed by atoms with E-state index in [1.165, 1.54) is 7.11 Å². The summed E-state index contributed by atoms with van der Waals surface area (Å²) in [6.45, 7) is 0.556. The number of nitrogens with zero attached hydrogens (tertiary/aromatic N) is 3. The van der Waals surface area contributed by atoms with Crippen LogP contribution in [-0.4, -0.2) is 36.1 Å². The Morgan fingerprint density at radius 2 is 2.06 bits per heavy atom. The normalized spacial score (nSPS) is 19.6. The molecule has 0 unspecified atom stereocenters. The van der Waals surface area contributed by atoms with Crippen molar-refractivity contribution in [1.82, 2.24) is 9.97 Å². The Labute approximate surface area is 92.3 Å². The fraction of sp³-hybridized carbons (Fsp3) is 0.600. The number of rotatable bonds is 2. The Kier molecular flexibility index (Phi) is 2.89. The molecule has 0 atom stereocenters. The molecule has 2 heterocycles. The van der Waals surface area contributed by atoms with Crippen molar-refractivity contribution in [2.45, 2.75) is 18.8 Å². The predicted octanol–water partition coefficient (Wildman–Crippen LogP) is 1.72. The molecule has 1 fully saturated rings. The lowest BCUT2D eigenvalue weighted by molar-refractivity contribution is -0.0222. The molecule has 4 nitrogen and oxygen atoms in total. The summed E-state index contributed by atoms with van der Waals surface area (Å²) in [4.78, 5) is 9.91. The molecule has 0 radical (unpaired) electrons. The predicted molar refractivity (Wildman–Crippen MR) is 55.0 cm³/mol. The van der Waals surface area contributed by atoms with Gasteiger partial charge in [-0.2, -0.15) is 4.98 Å². The summed E-state index contributed by atoms with van der Waals surface area (Å²) in [5, 5.41) is 0. The number of methoxy groups -OCH3 is 1. The third-order valence-corrected chi connectivity index (χ3v) is 2.60. The summed E-state index contributed by atoms with van der Waals surface area (Å²) in [6.07, 6.45) is 1.27. The van der Waals surface area contributed by atoms with E-state index in [1.807, 2.05) is 0 Å². The van der Waals surface area contributed by atoms with Gasteiger partial charge in [0, 0.05) is 38.2 Å². The topological polar surface area (TPSA) is 38.2 Å². The smallest absolute Gasteiger partial charge is 0.251 e. The summed E-state index contributed by atoms with van der Waals surface area (Å²) in [5.74, 6) is -1.65. The summed E-state index contributed by atoms with van der Waals surface area (Å²) in [5.41, 5.74) is 0. The Hall–Kier alpha value is -1.46. The molecule has 0 amide bonds. The van der Waals surface area contributed by atoms with E-state index >= 15 is 0 Å². The molecule has 88 valence electrons. The second-order valence-electron chi connectivity index (χ2n) is 3.74. The lowest BCUT2D eigenvalue weighted by atomic mass is 10.1. The van der Waals surface area contributed by atoms with Gasteiger partial charge in [0.25, 0.3) is 5.92 Å². The zero-order valence-corrected chi connectivity index (χ0v) is 8.99. The molecule has 0 N–H and O–H groups in total. The van der Waals surface area contributed by atoms with Crippen LogP contribution >= 0.6 is 0 Å². The summed E-state index contributed by atoms with van der Waals surface area (Å²) in [7, 11) is 1.51. The fourth-order valence-corrected chi connectivity index (χ4v) is 1.63. The zero-order valence-electron chi connectivity index (χ0n) is 8.99. The number of alkyl halides is 2. The van der Waals surface area contributed by atoms with Crippen LogP contribution in [0.4, 0.5) is 14.7 Å². The van der Waals surface area contributed by atoms with E-state index in [0.717, 1.165) is 0 Å². The van der Waals surface area contributed by atoms with Crippen molar-refractivity contribution >= 4 is 5.95 Å². The Morgan fingerprint density at radius 1 is 1.38 bits per heavy atom. The third-order valence-electron chi connectivity index (χ3n) is 2.60. The first-order valence-corrected chi connectivity index (χ1v) is 5.10. The standard InChI is InChI=1S/C10H13F2N3O/c1-16-8-2-5-13-9(14-8)15-6-3-10(11,12)4-7-15/h2,5H,3-4,6-7H2,1H3. The van der Waals surface area contributed by atoms with Gasteiger partial charge in [-0.15, -0.1) is 0 Å². The molecule has 0 spiro atoms. The maximum absolute atomic E-state index is 12.9. The molecule has 1 aliphatic rings. The zero-order chi connectivity index (χ0) is 11.6. The molecule has 16 heavy (non-hydrogen) atoms. The molecular formula is C10H13F2N3O. The van der Waals surface area contributed by atoms with Crippen molar-refractivity contribution < 1.29 is 13.5 Å². The van der Waals surface area contributed by atoms with Crippen molar-refractivity contribution in [3.05, 3.63) is 12.3 Å². The van der Waals surface area contributed by atoms with Crippen molar-refractivity contribution in [2.24, 2.45) is 0 Å². The number of hydrogen-bond acceptors (Lipinski definition) is 4. The molecular weight excluding hydrogens is 216 g/mol. The monoisotopic (exact) mass is 229 g/mol. The summed E-state index contributed by atoms with van der Waals surface area (Å²) in [6, 6.07) is 1.63. The first-order chi connectivity index (χ1) is 7.61. The highest BCUT2D eigenvalue weighted by Crippen LogP contribution is 2.29. The third kappa shape index (κ3) is 2.37. The number of piperidine rings is 1. The van der Waals surface area contributed by atoms with Gasteiger partial charge >= 0.3 is 0 Å². The quantitative estimate of drug-likeness (QED) is 0.774. The second-order valence-corrected chi connectivity index (χ2v) is 3.74. The highest BCUT2D eigenvalue weighted by atomic mass is 19.3. The average molecular weight is 229 g/mol. The van der Waals surface area contributed by atoms with Crippen LogP contribution in [0.3, 0.4) is 0 Å². The largest absolute Gasteiger partial charge is 0.481 e. The highest BCUT2D eigenvalue weighted by molar-refractivity contribution is 5.32. The molecule has 0 aliphatic carbocycles. The highest BCUT2D eigenvalue weighted by Gasteiger charge is 2.34. The van der Waals surface area contributed by atoms with Gasteiger partial charge in [-0.25, -0.2) is 13.8 Å². The van der Waals surface area contributed by atoms with Gasteiger partial charge in [-0.3, -0.25) is 0 Å². The Morgan fingerprint density at radius 3 is 2.69 bits per heavy atom. The van der Waals surface area contributed by atoms with E-state index in [1.54, 1.807) is 17.2 Å². The molecule has 2 rings (SSSR count). The van der Waals surface area contributed by atoms with Gasteiger partial charge in [0.05, 0.1) is 7.11 Å². The van der Waals surface area contributed by atoms with Crippen LogP contribution in [0.5, 0.6) is 5.88 Å². The van der Waals surface area contributed by atoms with Gasteiger partial charge in [-0.05, 0) is 0 Å². The number of halogens is 2. The number of aromatic nitrogens is 2. The van der Waals surface area contributed by atoms with Crippen LogP contribution < -0.4 is 9.64 Å². The second kappa shape index (κ2) is 4.19. The van der Waals surface area contributed by atoms with Gasteiger partial charge in [0.1, 0.15) is 0 Å². The maximum atomic E-state index is 12.9. The van der Waals surface area contributed by atoms with Crippen LogP contribution in [0.15, 0.2) is 12.3 Å². The molecule has 1 aromatic heterocycles. The van der Waals surface area contributed by atoms with Gasteiger partial charge in [0.2, 0.25) is 11.8 Å². The van der Waals surface area contributed by atoms with Crippen LogP contribution in [0.1, 0.15) is 12.8 Å². The summed E-state index contributed by atoms with van der Waals surface area (Å²) < 4.78 is 30.9. The van der Waals surface area contributed by atoms with Crippen LogP contribution in [0.25, 0.3) is 0 Å².